The summed E-state index contributed by atoms with van der Waals surface area (Å²) in [7, 11) is 1.63. The lowest BCUT2D eigenvalue weighted by Crippen LogP contribution is -2.21. The van der Waals surface area contributed by atoms with Crippen molar-refractivity contribution in [3.63, 3.8) is 0 Å². The Morgan fingerprint density at radius 1 is 1.38 bits per heavy atom. The molecule has 0 radical (unpaired) electrons. The zero-order chi connectivity index (χ0) is 12.3. The number of halogens is 1. The molecule has 0 saturated carbocycles. The molecule has 0 spiro atoms. The summed E-state index contributed by atoms with van der Waals surface area (Å²) in [6.07, 6.45) is 0. The molecule has 0 fully saturated rings. The summed E-state index contributed by atoms with van der Waals surface area (Å²) in [5.41, 5.74) is 6.65. The van der Waals surface area contributed by atoms with E-state index in [2.05, 4.69) is 20.9 Å². The highest BCUT2D eigenvalue weighted by atomic mass is 79.9. The molecule has 1 aromatic carbocycles. The van der Waals surface area contributed by atoms with E-state index in [0.717, 1.165) is 15.8 Å². The van der Waals surface area contributed by atoms with Crippen molar-refractivity contribution in [2.75, 3.05) is 7.11 Å². The van der Waals surface area contributed by atoms with Gasteiger partial charge in [-0.1, -0.05) is 0 Å². The summed E-state index contributed by atoms with van der Waals surface area (Å²) < 4.78 is 6.03. The molecule has 0 amide bonds. The molecule has 4 heteroatoms. The summed E-state index contributed by atoms with van der Waals surface area (Å²) in [4.78, 5) is 4.41. The fraction of sp³-hybridized carbons (Fsp3) is 0.417. The second-order valence-corrected chi connectivity index (χ2v) is 5.37. The average molecular weight is 285 g/mol. The van der Waals surface area contributed by atoms with Crippen LogP contribution in [0.1, 0.15) is 26.3 Å². The fourth-order valence-corrected chi connectivity index (χ4v) is 1.79. The minimum absolute atomic E-state index is 0.170. The Bertz CT molecular complexity index is 408. The minimum atomic E-state index is -0.170. The molecule has 0 aromatic heterocycles. The third-order valence-electron chi connectivity index (χ3n) is 1.90. The molecule has 3 nitrogen and oxygen atoms in total. The summed E-state index contributed by atoms with van der Waals surface area (Å²) >= 11 is 3.42. The molecule has 0 aliphatic carbocycles. The molecule has 2 N–H and O–H groups in total. The average Bonchev–Trinajstić information content (AvgIpc) is 2.15. The first-order valence-corrected chi connectivity index (χ1v) is 5.82. The van der Waals surface area contributed by atoms with Crippen LogP contribution < -0.4 is 10.5 Å². The number of aliphatic imine (C=N–C) groups is 1. The smallest absolute Gasteiger partial charge is 0.133 e. The van der Waals surface area contributed by atoms with Crippen LogP contribution in [-0.4, -0.2) is 18.5 Å². The van der Waals surface area contributed by atoms with E-state index in [1.807, 2.05) is 39.0 Å². The SMILES string of the molecule is COc1ccc(C(N)=NC(C)(C)C)cc1Br. The first kappa shape index (κ1) is 13.0. The van der Waals surface area contributed by atoms with Gasteiger partial charge in [0.15, 0.2) is 0 Å². The van der Waals surface area contributed by atoms with Crippen LogP contribution in [0.15, 0.2) is 27.7 Å². The molecular formula is C12H17BrN2O. The van der Waals surface area contributed by atoms with Gasteiger partial charge in [-0.05, 0) is 54.9 Å². The van der Waals surface area contributed by atoms with Crippen LogP contribution in [0.3, 0.4) is 0 Å². The highest BCUT2D eigenvalue weighted by Gasteiger charge is 2.10. The second kappa shape index (κ2) is 4.87. The van der Waals surface area contributed by atoms with E-state index >= 15 is 0 Å². The molecule has 0 heterocycles. The first-order chi connectivity index (χ1) is 7.33. The van der Waals surface area contributed by atoms with Gasteiger partial charge in [0, 0.05) is 5.56 Å². The molecule has 0 saturated heterocycles. The van der Waals surface area contributed by atoms with Crippen LogP contribution >= 0.6 is 15.9 Å². The summed E-state index contributed by atoms with van der Waals surface area (Å²) in [5.74, 6) is 1.32. The van der Waals surface area contributed by atoms with Crippen molar-refractivity contribution in [2.45, 2.75) is 26.3 Å². The van der Waals surface area contributed by atoms with Crippen molar-refractivity contribution >= 4 is 21.8 Å². The maximum absolute atomic E-state index is 5.93. The van der Waals surface area contributed by atoms with Gasteiger partial charge >= 0.3 is 0 Å². The zero-order valence-electron chi connectivity index (χ0n) is 10.0. The number of amidine groups is 1. The highest BCUT2D eigenvalue weighted by molar-refractivity contribution is 9.10. The molecule has 1 aromatic rings. The van der Waals surface area contributed by atoms with Gasteiger partial charge in [-0.2, -0.15) is 0 Å². The van der Waals surface area contributed by atoms with E-state index < -0.39 is 0 Å². The number of nitrogens with zero attached hydrogens (tertiary/aromatic N) is 1. The van der Waals surface area contributed by atoms with Crippen molar-refractivity contribution in [1.29, 1.82) is 0 Å². The maximum Gasteiger partial charge on any atom is 0.133 e. The fourth-order valence-electron chi connectivity index (χ4n) is 1.25. The molecule has 0 aliphatic heterocycles. The summed E-state index contributed by atoms with van der Waals surface area (Å²) in [6, 6.07) is 5.67. The number of benzene rings is 1. The van der Waals surface area contributed by atoms with Crippen LogP contribution in [0.4, 0.5) is 0 Å². The van der Waals surface area contributed by atoms with Crippen molar-refractivity contribution in [1.82, 2.24) is 0 Å². The molecule has 16 heavy (non-hydrogen) atoms. The van der Waals surface area contributed by atoms with E-state index in [9.17, 15) is 0 Å². The van der Waals surface area contributed by atoms with Gasteiger partial charge in [0.2, 0.25) is 0 Å². The number of methoxy groups -OCH3 is 1. The first-order valence-electron chi connectivity index (χ1n) is 5.03. The number of hydrogen-bond donors (Lipinski definition) is 1. The molecule has 1 rings (SSSR count). The van der Waals surface area contributed by atoms with Crippen molar-refractivity contribution in [3.05, 3.63) is 28.2 Å². The standard InChI is InChI=1S/C12H17BrN2O/c1-12(2,3)15-11(14)8-5-6-10(16-4)9(13)7-8/h5-7H,1-4H3,(H2,14,15). The lowest BCUT2D eigenvalue weighted by Gasteiger charge is -2.14. The van der Waals surface area contributed by atoms with Gasteiger partial charge in [-0.3, -0.25) is 4.99 Å². The Morgan fingerprint density at radius 3 is 2.44 bits per heavy atom. The molecular weight excluding hydrogens is 268 g/mol. The van der Waals surface area contributed by atoms with Gasteiger partial charge in [-0.25, -0.2) is 0 Å². The van der Waals surface area contributed by atoms with Crippen LogP contribution in [0, 0.1) is 0 Å². The topological polar surface area (TPSA) is 47.6 Å². The quantitative estimate of drug-likeness (QED) is 0.671. The Hall–Kier alpha value is -1.03. The molecule has 0 unspecified atom stereocenters. The van der Waals surface area contributed by atoms with Crippen molar-refractivity contribution in [2.24, 2.45) is 10.7 Å². The van der Waals surface area contributed by atoms with Crippen LogP contribution in [0.25, 0.3) is 0 Å². The molecule has 0 atom stereocenters. The van der Waals surface area contributed by atoms with Gasteiger partial charge in [0.05, 0.1) is 17.1 Å². The molecule has 0 bridgehead atoms. The summed E-state index contributed by atoms with van der Waals surface area (Å²) in [5, 5.41) is 0. The van der Waals surface area contributed by atoms with Crippen LogP contribution in [0.5, 0.6) is 5.75 Å². The lowest BCUT2D eigenvalue weighted by atomic mass is 10.1. The van der Waals surface area contributed by atoms with Crippen molar-refractivity contribution in [3.8, 4) is 5.75 Å². The van der Waals surface area contributed by atoms with E-state index in [-0.39, 0.29) is 5.54 Å². The van der Waals surface area contributed by atoms with Gasteiger partial charge in [0.1, 0.15) is 11.6 Å². The van der Waals surface area contributed by atoms with Crippen LogP contribution in [0.2, 0.25) is 0 Å². The predicted octanol–water partition coefficient (Wildman–Crippen LogP) is 2.96. The Labute approximate surface area is 105 Å². The van der Waals surface area contributed by atoms with Crippen molar-refractivity contribution < 1.29 is 4.74 Å². The van der Waals surface area contributed by atoms with E-state index in [4.69, 9.17) is 10.5 Å². The summed E-state index contributed by atoms with van der Waals surface area (Å²) in [6.45, 7) is 6.04. The maximum atomic E-state index is 5.93. The number of hydrogen-bond acceptors (Lipinski definition) is 2. The third-order valence-corrected chi connectivity index (χ3v) is 2.52. The number of nitrogens with two attached hydrogens (primary N) is 1. The Morgan fingerprint density at radius 2 is 2.00 bits per heavy atom. The van der Waals surface area contributed by atoms with Gasteiger partial charge in [-0.15, -0.1) is 0 Å². The number of rotatable bonds is 2. The van der Waals surface area contributed by atoms with E-state index in [1.165, 1.54) is 0 Å². The minimum Gasteiger partial charge on any atom is -0.496 e. The largest absolute Gasteiger partial charge is 0.496 e. The zero-order valence-corrected chi connectivity index (χ0v) is 11.6. The second-order valence-electron chi connectivity index (χ2n) is 4.52. The Balaban J connectivity index is 3.07. The van der Waals surface area contributed by atoms with Crippen LogP contribution in [-0.2, 0) is 0 Å². The highest BCUT2D eigenvalue weighted by Crippen LogP contribution is 2.25. The lowest BCUT2D eigenvalue weighted by molar-refractivity contribution is 0.412. The van der Waals surface area contributed by atoms with Gasteiger partial charge < -0.3 is 10.5 Å². The van der Waals surface area contributed by atoms with E-state index in [1.54, 1.807) is 7.11 Å². The van der Waals surface area contributed by atoms with Gasteiger partial charge in [0.25, 0.3) is 0 Å². The number of ether oxygens (including phenoxy) is 1. The Kier molecular flexibility index (Phi) is 3.97. The molecule has 88 valence electrons. The molecule has 0 aliphatic rings. The monoisotopic (exact) mass is 284 g/mol. The van der Waals surface area contributed by atoms with E-state index in [0.29, 0.717) is 5.84 Å². The third kappa shape index (κ3) is 3.52. The normalized spacial score (nSPS) is 12.7. The predicted molar refractivity (Wildman–Crippen MR) is 71.2 cm³/mol.